The van der Waals surface area contributed by atoms with Crippen LogP contribution in [0.1, 0.15) is 57.4 Å². The van der Waals surface area contributed by atoms with Crippen molar-refractivity contribution in [3.63, 3.8) is 0 Å². The lowest BCUT2D eigenvalue weighted by Crippen LogP contribution is -2.53. The summed E-state index contributed by atoms with van der Waals surface area (Å²) in [6.07, 6.45) is 13.3. The van der Waals surface area contributed by atoms with E-state index >= 15 is 8.78 Å². The minimum Gasteiger partial charge on any atom is -0.508 e. The van der Waals surface area contributed by atoms with E-state index in [1.54, 1.807) is 6.92 Å². The number of phenolic OH excluding ortho intramolecular Hbond substituents is 1. The van der Waals surface area contributed by atoms with E-state index in [-0.39, 0.29) is 81.7 Å². The predicted octanol–water partition coefficient (Wildman–Crippen LogP) is 5.85. The Kier molecular flexibility index (Phi) is 9.98. The van der Waals surface area contributed by atoms with Crippen LogP contribution in [0.2, 0.25) is 0 Å². The Bertz CT molecular complexity index is 2100. The van der Waals surface area contributed by atoms with Crippen molar-refractivity contribution in [2.75, 3.05) is 71.2 Å². The van der Waals surface area contributed by atoms with Crippen LogP contribution in [0.4, 0.5) is 14.6 Å². The summed E-state index contributed by atoms with van der Waals surface area (Å²) in [5.74, 6) is 1.46. The highest BCUT2D eigenvalue weighted by Crippen LogP contribution is 2.49. The summed E-state index contributed by atoms with van der Waals surface area (Å²) in [6.45, 7) is 6.59. The van der Waals surface area contributed by atoms with E-state index in [0.717, 1.165) is 64.8 Å². The number of fused-ring (bicyclic) bond motifs is 3. The number of terminal acetylenes is 1. The number of methoxy groups -OCH3 is 1. The molecule has 4 unspecified atom stereocenters. The van der Waals surface area contributed by atoms with Gasteiger partial charge in [0.1, 0.15) is 39.6 Å². The molecule has 1 aliphatic carbocycles. The van der Waals surface area contributed by atoms with Crippen LogP contribution >= 0.6 is 0 Å². The molecule has 4 fully saturated rings. The third-order valence-corrected chi connectivity index (χ3v) is 11.8. The van der Waals surface area contributed by atoms with Crippen LogP contribution in [0.15, 0.2) is 24.3 Å². The van der Waals surface area contributed by atoms with E-state index in [1.165, 1.54) is 37.8 Å². The number of nitrogens with zero attached hydrogens (tertiary/aromatic N) is 5. The van der Waals surface area contributed by atoms with Gasteiger partial charge in [-0.3, -0.25) is 4.90 Å². The minimum absolute atomic E-state index is 0.00743. The topological polar surface area (TPSA) is 123 Å². The molecule has 1 saturated carbocycles. The van der Waals surface area contributed by atoms with Gasteiger partial charge in [-0.15, -0.1) is 6.42 Å². The van der Waals surface area contributed by atoms with Crippen LogP contribution in [0.5, 0.6) is 17.6 Å². The summed E-state index contributed by atoms with van der Waals surface area (Å²) >= 11 is 0. The van der Waals surface area contributed by atoms with Crippen LogP contribution in [0.3, 0.4) is 0 Å². The molecule has 0 spiro atoms. The number of halogens is 2. The van der Waals surface area contributed by atoms with Gasteiger partial charge >= 0.3 is 6.01 Å². The molecule has 4 atom stereocenters. The maximum absolute atomic E-state index is 17.3. The van der Waals surface area contributed by atoms with Gasteiger partial charge in [-0.1, -0.05) is 18.4 Å². The zero-order valence-electron chi connectivity index (χ0n) is 30.9. The van der Waals surface area contributed by atoms with Gasteiger partial charge < -0.3 is 34.1 Å². The maximum atomic E-state index is 17.3. The first-order chi connectivity index (χ1) is 26.1. The lowest BCUT2D eigenvalue weighted by atomic mass is 9.75. The number of aliphatic hydroxyl groups is 1. The van der Waals surface area contributed by atoms with Gasteiger partial charge in [-0.25, -0.2) is 13.8 Å². The number of hydrogen-bond donors (Lipinski definition) is 2. The number of rotatable bonds is 8. The van der Waals surface area contributed by atoms with Crippen LogP contribution in [-0.2, 0) is 9.47 Å². The highest BCUT2D eigenvalue weighted by atomic mass is 19.1. The SMILES string of the molecule is C#Cc1c(F)ccc2cc(O)cc(-c3nc(OC)c4c(N5CCOCC(C)(O)C5)nc(OCC56CCCC5N(CC5CCCOC5)CCC6)nc4c3F)c12. The molecule has 3 saturated heterocycles. The summed E-state index contributed by atoms with van der Waals surface area (Å²) in [6, 6.07) is 5.74. The van der Waals surface area contributed by atoms with Gasteiger partial charge in [0, 0.05) is 42.1 Å². The monoisotopic (exact) mass is 743 g/mol. The van der Waals surface area contributed by atoms with Crippen molar-refractivity contribution in [2.24, 2.45) is 11.3 Å². The fraction of sp³-hybridized carbons (Fsp3) is 0.537. The van der Waals surface area contributed by atoms with Crippen LogP contribution in [0, 0.1) is 35.3 Å². The molecule has 0 amide bonds. The first-order valence-electron chi connectivity index (χ1n) is 19.0. The van der Waals surface area contributed by atoms with Gasteiger partial charge in [-0.2, -0.15) is 9.97 Å². The molecule has 0 radical (unpaired) electrons. The van der Waals surface area contributed by atoms with Gasteiger partial charge in [0.05, 0.1) is 45.6 Å². The molecule has 2 N–H and O–H groups in total. The first-order valence-corrected chi connectivity index (χ1v) is 19.0. The van der Waals surface area contributed by atoms with Crippen molar-refractivity contribution >= 4 is 27.5 Å². The molecule has 2 aromatic heterocycles. The number of benzene rings is 2. The fourth-order valence-corrected chi connectivity index (χ4v) is 9.38. The number of hydrogen-bond acceptors (Lipinski definition) is 11. The summed E-state index contributed by atoms with van der Waals surface area (Å²) in [7, 11) is 1.40. The second kappa shape index (κ2) is 14.7. The van der Waals surface area contributed by atoms with Gasteiger partial charge in [0.25, 0.3) is 0 Å². The van der Waals surface area contributed by atoms with E-state index in [0.29, 0.717) is 30.5 Å². The third-order valence-electron chi connectivity index (χ3n) is 11.8. The highest BCUT2D eigenvalue weighted by Gasteiger charge is 2.49. The van der Waals surface area contributed by atoms with Crippen molar-refractivity contribution in [2.45, 2.75) is 63.5 Å². The molecule has 286 valence electrons. The molecule has 3 aliphatic heterocycles. The lowest BCUT2D eigenvalue weighted by molar-refractivity contribution is -0.0261. The second-order valence-corrected chi connectivity index (χ2v) is 15.7. The Hall–Kier alpha value is -4.35. The van der Waals surface area contributed by atoms with E-state index in [4.69, 9.17) is 35.3 Å². The Morgan fingerprint density at radius 2 is 1.89 bits per heavy atom. The number of likely N-dealkylation sites (tertiary alicyclic amines) is 1. The summed E-state index contributed by atoms with van der Waals surface area (Å²) in [4.78, 5) is 18.6. The first kappa shape index (κ1) is 36.6. The summed E-state index contributed by atoms with van der Waals surface area (Å²) < 4.78 is 56.3. The van der Waals surface area contributed by atoms with Crippen molar-refractivity contribution in [3.8, 4) is 41.2 Å². The second-order valence-electron chi connectivity index (χ2n) is 15.7. The van der Waals surface area contributed by atoms with Gasteiger partial charge in [0.2, 0.25) is 5.88 Å². The third kappa shape index (κ3) is 6.78. The number of piperidine rings is 1. The molecule has 8 rings (SSSR count). The molecule has 5 heterocycles. The number of ether oxygens (including phenoxy) is 4. The fourth-order valence-electron chi connectivity index (χ4n) is 9.38. The van der Waals surface area contributed by atoms with Gasteiger partial charge in [-0.05, 0) is 81.5 Å². The van der Waals surface area contributed by atoms with Crippen LogP contribution in [-0.4, -0.2) is 108 Å². The number of β-amino-alcohol motifs (C(OH)–C–C–N with tert-alkyl or cyclic N) is 1. The van der Waals surface area contributed by atoms with Crippen molar-refractivity contribution in [3.05, 3.63) is 41.5 Å². The molecule has 4 aromatic rings. The lowest BCUT2D eigenvalue weighted by Gasteiger charge is -2.47. The molecule has 2 aromatic carbocycles. The average Bonchev–Trinajstić information content (AvgIpc) is 3.52. The highest BCUT2D eigenvalue weighted by molar-refractivity contribution is 6.04. The zero-order valence-corrected chi connectivity index (χ0v) is 30.9. The largest absolute Gasteiger partial charge is 0.508 e. The molecular formula is C41H47F2N5O6. The number of anilines is 1. The number of pyridine rings is 1. The molecule has 4 aliphatic rings. The zero-order chi connectivity index (χ0) is 37.6. The Balaban J connectivity index is 1.24. The number of aromatic nitrogens is 3. The van der Waals surface area contributed by atoms with E-state index in [1.807, 2.05) is 4.90 Å². The normalized spacial score (nSPS) is 26.4. The maximum Gasteiger partial charge on any atom is 0.319 e. The Morgan fingerprint density at radius 3 is 2.69 bits per heavy atom. The van der Waals surface area contributed by atoms with Gasteiger partial charge in [0.15, 0.2) is 5.82 Å². The molecule has 11 nitrogen and oxygen atoms in total. The molecule has 54 heavy (non-hydrogen) atoms. The summed E-state index contributed by atoms with van der Waals surface area (Å²) in [5, 5.41) is 22.7. The number of phenols is 1. The molecule has 13 heteroatoms. The summed E-state index contributed by atoms with van der Waals surface area (Å²) in [5.41, 5.74) is -1.75. The Morgan fingerprint density at radius 1 is 1.04 bits per heavy atom. The average molecular weight is 744 g/mol. The van der Waals surface area contributed by atoms with E-state index in [2.05, 4.69) is 15.8 Å². The van der Waals surface area contributed by atoms with E-state index < -0.39 is 17.2 Å². The minimum atomic E-state index is -1.24. The predicted molar refractivity (Wildman–Crippen MR) is 200 cm³/mol. The standard InChI is InChI=1S/C41H47F2N5O6/c1-4-28-30(42)11-10-26-18-27(49)19-29(32(26)28)35-34(43)36-33(38(44-35)51-3)37(48-15-17-53-23-40(2,50)22-48)46-39(45-36)54-24-41-12-5-9-31(41)47(14-7-13-41)20-25-8-6-16-52-21-25/h1,10-11,18-19,25,31,49-50H,5-9,12-17,20-24H2,2-3H3. The quantitative estimate of drug-likeness (QED) is 0.212. The van der Waals surface area contributed by atoms with Crippen LogP contribution < -0.4 is 14.4 Å². The smallest absolute Gasteiger partial charge is 0.319 e. The number of aromatic hydroxyl groups is 1. The van der Waals surface area contributed by atoms with Crippen molar-refractivity contribution < 1.29 is 37.9 Å². The van der Waals surface area contributed by atoms with E-state index in [9.17, 15) is 10.2 Å². The molecular weight excluding hydrogens is 696 g/mol. The van der Waals surface area contributed by atoms with Crippen molar-refractivity contribution in [1.82, 2.24) is 19.9 Å². The van der Waals surface area contributed by atoms with Crippen molar-refractivity contribution in [1.29, 1.82) is 0 Å². The van der Waals surface area contributed by atoms with Crippen LogP contribution in [0.25, 0.3) is 32.9 Å². The molecule has 0 bridgehead atoms. The Labute approximate surface area is 313 Å².